The first-order chi connectivity index (χ1) is 23.2. The summed E-state index contributed by atoms with van der Waals surface area (Å²) in [4.78, 5) is 2.31. The fourth-order valence-corrected chi connectivity index (χ4v) is 7.06. The molecule has 2 heterocycles. The number of hydrogen-bond acceptors (Lipinski definition) is 3. The van der Waals surface area contributed by atoms with Crippen LogP contribution in [0.2, 0.25) is 0 Å². The average Bonchev–Trinajstić information content (AvgIpc) is 3.65. The number of para-hydroxylation sites is 1. The number of furan rings is 2. The van der Waals surface area contributed by atoms with Crippen molar-refractivity contribution >= 4 is 82.5 Å². The van der Waals surface area contributed by atoms with E-state index in [1.54, 1.807) is 0 Å². The highest BCUT2D eigenvalue weighted by Crippen LogP contribution is 2.41. The molecule has 0 aliphatic rings. The third-order valence-electron chi connectivity index (χ3n) is 9.38. The van der Waals surface area contributed by atoms with Gasteiger partial charge in [-0.15, -0.1) is 0 Å². The van der Waals surface area contributed by atoms with E-state index >= 15 is 0 Å². The van der Waals surface area contributed by atoms with Crippen molar-refractivity contribution in [2.75, 3.05) is 4.90 Å². The standard InChI is InChI=1S/C44H27NO2/c1-3-9-28(10-4-1)29-15-18-35(19-16-29)45(34-13-5-2-6-14-34)36-20-17-32-23-38-40-26-39-37-22-30-11-7-8-12-31(30)24-41(37)46-43(39)27-44(40)47-42(38)25-33(32)21-36/h1-27H. The van der Waals surface area contributed by atoms with Crippen LogP contribution < -0.4 is 4.90 Å². The van der Waals surface area contributed by atoms with Crippen LogP contribution in [0, 0.1) is 0 Å². The van der Waals surface area contributed by atoms with Gasteiger partial charge in [0.2, 0.25) is 0 Å². The molecule has 0 atom stereocenters. The van der Waals surface area contributed by atoms with Crippen LogP contribution in [-0.2, 0) is 0 Å². The van der Waals surface area contributed by atoms with Crippen LogP contribution in [0.3, 0.4) is 0 Å². The molecule has 0 radical (unpaired) electrons. The molecule has 2 aromatic heterocycles. The highest BCUT2D eigenvalue weighted by Gasteiger charge is 2.17. The summed E-state index contributed by atoms with van der Waals surface area (Å²) in [6.07, 6.45) is 0. The van der Waals surface area contributed by atoms with Crippen LogP contribution in [-0.4, -0.2) is 0 Å². The van der Waals surface area contributed by atoms with E-state index in [0.717, 1.165) is 66.3 Å². The van der Waals surface area contributed by atoms with Crippen molar-refractivity contribution in [3.05, 3.63) is 164 Å². The minimum Gasteiger partial charge on any atom is -0.456 e. The average molecular weight is 602 g/mol. The Balaban J connectivity index is 1.10. The van der Waals surface area contributed by atoms with Crippen molar-refractivity contribution in [3.8, 4) is 11.1 Å². The predicted octanol–water partition coefficient (Wildman–Crippen LogP) is 12.9. The summed E-state index contributed by atoms with van der Waals surface area (Å²) in [5, 5.41) is 9.10. The van der Waals surface area contributed by atoms with Gasteiger partial charge in [-0.2, -0.15) is 0 Å². The number of rotatable bonds is 4. The fourth-order valence-electron chi connectivity index (χ4n) is 7.06. The van der Waals surface area contributed by atoms with E-state index in [2.05, 4.69) is 163 Å². The van der Waals surface area contributed by atoms with Gasteiger partial charge in [-0.3, -0.25) is 0 Å². The Morgan fingerprint density at radius 2 is 0.766 bits per heavy atom. The monoisotopic (exact) mass is 601 g/mol. The molecular formula is C44H27NO2. The lowest BCUT2D eigenvalue weighted by atomic mass is 10.0. The summed E-state index contributed by atoms with van der Waals surface area (Å²) < 4.78 is 12.8. The summed E-state index contributed by atoms with van der Waals surface area (Å²) in [6.45, 7) is 0. The lowest BCUT2D eigenvalue weighted by Crippen LogP contribution is -2.09. The van der Waals surface area contributed by atoms with Crippen molar-refractivity contribution in [2.24, 2.45) is 0 Å². The van der Waals surface area contributed by atoms with Gasteiger partial charge in [0, 0.05) is 44.7 Å². The molecule has 0 aliphatic heterocycles. The van der Waals surface area contributed by atoms with Gasteiger partial charge in [0.25, 0.3) is 0 Å². The summed E-state index contributed by atoms with van der Waals surface area (Å²) in [5.74, 6) is 0. The maximum atomic E-state index is 6.49. The molecule has 47 heavy (non-hydrogen) atoms. The number of benzene rings is 8. The van der Waals surface area contributed by atoms with Crippen LogP contribution in [0.25, 0.3) is 76.5 Å². The summed E-state index contributed by atoms with van der Waals surface area (Å²) in [5.41, 5.74) is 9.12. The molecule has 0 saturated heterocycles. The second-order valence-corrected chi connectivity index (χ2v) is 12.2. The van der Waals surface area contributed by atoms with Gasteiger partial charge in [-0.1, -0.05) is 91.0 Å². The highest BCUT2D eigenvalue weighted by molar-refractivity contribution is 6.18. The zero-order chi connectivity index (χ0) is 30.9. The first kappa shape index (κ1) is 26.0. The van der Waals surface area contributed by atoms with Gasteiger partial charge in [0.15, 0.2) is 0 Å². The molecule has 220 valence electrons. The van der Waals surface area contributed by atoms with E-state index in [0.29, 0.717) is 0 Å². The SMILES string of the molecule is c1ccc(-c2ccc(N(c3ccccc3)c3ccc4cc5c(cc4c3)oc3cc4oc6cc7ccccc7cc6c4cc35)cc2)cc1. The second-order valence-electron chi connectivity index (χ2n) is 12.2. The summed E-state index contributed by atoms with van der Waals surface area (Å²) in [6, 6.07) is 58.0. The third kappa shape index (κ3) is 4.21. The highest BCUT2D eigenvalue weighted by atomic mass is 16.3. The minimum atomic E-state index is 0.830. The molecule has 3 nitrogen and oxygen atoms in total. The first-order valence-corrected chi connectivity index (χ1v) is 15.9. The second kappa shape index (κ2) is 10.1. The lowest BCUT2D eigenvalue weighted by Gasteiger charge is -2.26. The largest absolute Gasteiger partial charge is 0.456 e. The summed E-state index contributed by atoms with van der Waals surface area (Å²) in [7, 11) is 0. The Hall–Kier alpha value is -6.32. The van der Waals surface area contributed by atoms with E-state index in [1.807, 2.05) is 6.07 Å². The lowest BCUT2D eigenvalue weighted by molar-refractivity contribution is 0.656. The van der Waals surface area contributed by atoms with Crippen molar-refractivity contribution in [2.45, 2.75) is 0 Å². The maximum absolute atomic E-state index is 6.49. The topological polar surface area (TPSA) is 29.5 Å². The van der Waals surface area contributed by atoms with Gasteiger partial charge < -0.3 is 13.7 Å². The quantitative estimate of drug-likeness (QED) is 0.201. The Morgan fingerprint density at radius 3 is 1.45 bits per heavy atom. The van der Waals surface area contributed by atoms with Crippen LogP contribution in [0.1, 0.15) is 0 Å². The number of anilines is 3. The molecule has 0 bridgehead atoms. The molecule has 8 aromatic carbocycles. The van der Waals surface area contributed by atoms with Gasteiger partial charge in [-0.05, 0) is 99.4 Å². The molecule has 0 N–H and O–H groups in total. The van der Waals surface area contributed by atoms with E-state index in [1.165, 1.54) is 27.3 Å². The Morgan fingerprint density at radius 1 is 0.298 bits per heavy atom. The molecular weight excluding hydrogens is 574 g/mol. The maximum Gasteiger partial charge on any atom is 0.139 e. The van der Waals surface area contributed by atoms with E-state index in [9.17, 15) is 0 Å². The molecule has 0 amide bonds. The molecule has 0 unspecified atom stereocenters. The van der Waals surface area contributed by atoms with E-state index in [-0.39, 0.29) is 0 Å². The fraction of sp³-hybridized carbons (Fsp3) is 0. The van der Waals surface area contributed by atoms with Crippen molar-refractivity contribution < 1.29 is 8.83 Å². The van der Waals surface area contributed by atoms with Gasteiger partial charge in [-0.25, -0.2) is 0 Å². The van der Waals surface area contributed by atoms with E-state index < -0.39 is 0 Å². The molecule has 3 heteroatoms. The van der Waals surface area contributed by atoms with Crippen LogP contribution >= 0.6 is 0 Å². The Kier molecular flexibility index (Phi) is 5.57. The Bertz CT molecular complexity index is 2770. The number of hydrogen-bond donors (Lipinski definition) is 0. The molecule has 0 fully saturated rings. The van der Waals surface area contributed by atoms with Gasteiger partial charge >= 0.3 is 0 Å². The van der Waals surface area contributed by atoms with Crippen LogP contribution in [0.4, 0.5) is 17.1 Å². The minimum absolute atomic E-state index is 0.830. The van der Waals surface area contributed by atoms with E-state index in [4.69, 9.17) is 8.83 Å². The number of fused-ring (bicyclic) bond motifs is 8. The third-order valence-corrected chi connectivity index (χ3v) is 9.38. The molecule has 10 aromatic rings. The van der Waals surface area contributed by atoms with Crippen molar-refractivity contribution in [3.63, 3.8) is 0 Å². The molecule has 10 rings (SSSR count). The molecule has 0 spiro atoms. The normalized spacial score (nSPS) is 11.8. The number of nitrogens with zero attached hydrogens (tertiary/aromatic N) is 1. The van der Waals surface area contributed by atoms with Crippen molar-refractivity contribution in [1.82, 2.24) is 0 Å². The van der Waals surface area contributed by atoms with Crippen LogP contribution in [0.15, 0.2) is 173 Å². The van der Waals surface area contributed by atoms with Crippen molar-refractivity contribution in [1.29, 1.82) is 0 Å². The molecule has 0 saturated carbocycles. The predicted molar refractivity (Wildman–Crippen MR) is 196 cm³/mol. The van der Waals surface area contributed by atoms with Crippen LogP contribution in [0.5, 0.6) is 0 Å². The van der Waals surface area contributed by atoms with Gasteiger partial charge in [0.1, 0.15) is 22.3 Å². The summed E-state index contributed by atoms with van der Waals surface area (Å²) >= 11 is 0. The zero-order valence-electron chi connectivity index (χ0n) is 25.4. The molecule has 0 aliphatic carbocycles. The smallest absolute Gasteiger partial charge is 0.139 e. The zero-order valence-corrected chi connectivity index (χ0v) is 25.4. The first-order valence-electron chi connectivity index (χ1n) is 15.9. The van der Waals surface area contributed by atoms with Gasteiger partial charge in [0.05, 0.1) is 0 Å². The Labute approximate surface area is 270 Å².